The summed E-state index contributed by atoms with van der Waals surface area (Å²) < 4.78 is 5.29. The maximum Gasteiger partial charge on any atom is 0.340 e. The Hall–Kier alpha value is -2.67. The standard InChI is InChI=1S/C23H31N5O2/c1-2-30-23(29)19-8-9-21(28-14-12-24-13-15-28)27-22(19)17-10-11-25-20(16-17)26-18-6-4-3-5-7-18/h8-11,16,18,24H,2-7,12-15H2,1H3,(H,25,26). The lowest BCUT2D eigenvalue weighted by Gasteiger charge is -2.29. The fraction of sp³-hybridized carbons (Fsp3) is 0.522. The largest absolute Gasteiger partial charge is 0.462 e. The van der Waals surface area contributed by atoms with Gasteiger partial charge in [-0.05, 0) is 44.0 Å². The van der Waals surface area contributed by atoms with E-state index in [0.717, 1.165) is 43.4 Å². The van der Waals surface area contributed by atoms with E-state index in [0.29, 0.717) is 23.9 Å². The van der Waals surface area contributed by atoms with Gasteiger partial charge in [-0.2, -0.15) is 0 Å². The predicted octanol–water partition coefficient (Wildman–Crippen LogP) is 3.47. The monoisotopic (exact) mass is 409 g/mol. The molecule has 0 radical (unpaired) electrons. The van der Waals surface area contributed by atoms with E-state index in [2.05, 4.69) is 20.5 Å². The summed E-state index contributed by atoms with van der Waals surface area (Å²) in [5, 5.41) is 6.93. The Bertz CT molecular complexity index is 860. The fourth-order valence-corrected chi connectivity index (χ4v) is 4.23. The molecule has 2 aromatic rings. The molecule has 3 heterocycles. The molecule has 1 saturated heterocycles. The van der Waals surface area contributed by atoms with Crippen molar-refractivity contribution in [1.29, 1.82) is 0 Å². The molecule has 2 aliphatic rings. The lowest BCUT2D eigenvalue weighted by molar-refractivity contribution is 0.0527. The molecule has 0 amide bonds. The summed E-state index contributed by atoms with van der Waals surface area (Å²) >= 11 is 0. The van der Waals surface area contributed by atoms with Crippen LogP contribution in [0.1, 0.15) is 49.4 Å². The third kappa shape index (κ3) is 4.90. The van der Waals surface area contributed by atoms with Crippen molar-refractivity contribution in [3.63, 3.8) is 0 Å². The summed E-state index contributed by atoms with van der Waals surface area (Å²) in [4.78, 5) is 24.3. The summed E-state index contributed by atoms with van der Waals surface area (Å²) in [6, 6.07) is 8.14. The quantitative estimate of drug-likeness (QED) is 0.707. The van der Waals surface area contributed by atoms with Crippen molar-refractivity contribution in [3.05, 3.63) is 36.0 Å². The number of aromatic nitrogens is 2. The van der Waals surface area contributed by atoms with Gasteiger partial charge >= 0.3 is 5.97 Å². The molecule has 1 saturated carbocycles. The van der Waals surface area contributed by atoms with Crippen LogP contribution in [0.15, 0.2) is 30.5 Å². The van der Waals surface area contributed by atoms with Crippen LogP contribution in [0.5, 0.6) is 0 Å². The van der Waals surface area contributed by atoms with Gasteiger partial charge in [0.2, 0.25) is 0 Å². The number of nitrogens with zero attached hydrogens (tertiary/aromatic N) is 3. The highest BCUT2D eigenvalue weighted by atomic mass is 16.5. The van der Waals surface area contributed by atoms with E-state index in [1.807, 2.05) is 31.2 Å². The van der Waals surface area contributed by atoms with E-state index in [1.54, 1.807) is 6.20 Å². The number of carbonyl (C=O) groups excluding carboxylic acids is 1. The zero-order valence-corrected chi connectivity index (χ0v) is 17.7. The molecule has 0 atom stereocenters. The molecule has 2 N–H and O–H groups in total. The van der Waals surface area contributed by atoms with Crippen LogP contribution in [0.4, 0.5) is 11.6 Å². The summed E-state index contributed by atoms with van der Waals surface area (Å²) in [5.74, 6) is 1.38. The van der Waals surface area contributed by atoms with Gasteiger partial charge in [-0.1, -0.05) is 19.3 Å². The van der Waals surface area contributed by atoms with Gasteiger partial charge in [-0.25, -0.2) is 14.8 Å². The highest BCUT2D eigenvalue weighted by Crippen LogP contribution is 2.28. The van der Waals surface area contributed by atoms with Crippen LogP contribution in [0.2, 0.25) is 0 Å². The van der Waals surface area contributed by atoms with Crippen molar-refractivity contribution in [2.45, 2.75) is 45.1 Å². The van der Waals surface area contributed by atoms with Gasteiger partial charge in [0.25, 0.3) is 0 Å². The van der Waals surface area contributed by atoms with Crippen molar-refractivity contribution in [1.82, 2.24) is 15.3 Å². The van der Waals surface area contributed by atoms with E-state index in [-0.39, 0.29) is 5.97 Å². The Labute approximate surface area is 178 Å². The topological polar surface area (TPSA) is 79.4 Å². The zero-order chi connectivity index (χ0) is 20.8. The van der Waals surface area contributed by atoms with E-state index < -0.39 is 0 Å². The Morgan fingerprint density at radius 1 is 1.20 bits per heavy atom. The average Bonchev–Trinajstić information content (AvgIpc) is 2.80. The number of esters is 1. The highest BCUT2D eigenvalue weighted by Gasteiger charge is 2.20. The Morgan fingerprint density at radius 2 is 2.00 bits per heavy atom. The number of nitrogens with one attached hydrogen (secondary N) is 2. The number of hydrogen-bond donors (Lipinski definition) is 2. The Kier molecular flexibility index (Phi) is 6.79. The van der Waals surface area contributed by atoms with E-state index in [4.69, 9.17) is 9.72 Å². The zero-order valence-electron chi connectivity index (χ0n) is 17.7. The van der Waals surface area contributed by atoms with Crippen LogP contribution in [0.25, 0.3) is 11.3 Å². The summed E-state index contributed by atoms with van der Waals surface area (Å²) in [6.45, 7) is 5.82. The number of rotatable bonds is 6. The summed E-state index contributed by atoms with van der Waals surface area (Å²) in [5.41, 5.74) is 2.02. The molecule has 1 aliphatic carbocycles. The van der Waals surface area contributed by atoms with Gasteiger partial charge in [0.1, 0.15) is 11.6 Å². The molecular formula is C23H31N5O2. The molecule has 7 nitrogen and oxygen atoms in total. The van der Waals surface area contributed by atoms with Crippen LogP contribution in [0.3, 0.4) is 0 Å². The molecule has 2 fully saturated rings. The first-order valence-corrected chi connectivity index (χ1v) is 11.1. The molecule has 30 heavy (non-hydrogen) atoms. The second-order valence-electron chi connectivity index (χ2n) is 7.93. The lowest BCUT2D eigenvalue weighted by Crippen LogP contribution is -2.43. The van der Waals surface area contributed by atoms with Gasteiger partial charge in [0, 0.05) is 44.0 Å². The highest BCUT2D eigenvalue weighted by molar-refractivity contribution is 5.96. The first-order valence-electron chi connectivity index (χ1n) is 11.1. The van der Waals surface area contributed by atoms with Gasteiger partial charge in [0.15, 0.2) is 0 Å². The van der Waals surface area contributed by atoms with Gasteiger partial charge in [0.05, 0.1) is 17.9 Å². The van der Waals surface area contributed by atoms with Gasteiger partial charge in [-0.15, -0.1) is 0 Å². The van der Waals surface area contributed by atoms with E-state index >= 15 is 0 Å². The van der Waals surface area contributed by atoms with E-state index in [1.165, 1.54) is 32.1 Å². The number of ether oxygens (including phenoxy) is 1. The molecule has 160 valence electrons. The number of pyridine rings is 2. The molecule has 0 bridgehead atoms. The minimum atomic E-state index is -0.342. The number of anilines is 2. The first kappa shape index (κ1) is 20.6. The summed E-state index contributed by atoms with van der Waals surface area (Å²) in [7, 11) is 0. The molecule has 7 heteroatoms. The SMILES string of the molecule is CCOC(=O)c1ccc(N2CCNCC2)nc1-c1ccnc(NC2CCCCC2)c1. The second-order valence-corrected chi connectivity index (χ2v) is 7.93. The van der Waals surface area contributed by atoms with Crippen molar-refractivity contribution >= 4 is 17.6 Å². The molecule has 0 spiro atoms. The second kappa shape index (κ2) is 9.89. The van der Waals surface area contributed by atoms with E-state index in [9.17, 15) is 4.79 Å². The van der Waals surface area contributed by atoms with Crippen LogP contribution in [-0.4, -0.2) is 54.8 Å². The minimum Gasteiger partial charge on any atom is -0.462 e. The predicted molar refractivity (Wildman–Crippen MR) is 119 cm³/mol. The Morgan fingerprint density at radius 3 is 2.77 bits per heavy atom. The van der Waals surface area contributed by atoms with Crippen molar-refractivity contribution in [2.75, 3.05) is 43.0 Å². The van der Waals surface area contributed by atoms with Crippen molar-refractivity contribution in [2.24, 2.45) is 0 Å². The smallest absolute Gasteiger partial charge is 0.340 e. The summed E-state index contributed by atoms with van der Waals surface area (Å²) in [6.07, 6.45) is 7.98. The molecule has 1 aliphatic heterocycles. The van der Waals surface area contributed by atoms with Crippen molar-refractivity contribution < 1.29 is 9.53 Å². The average molecular weight is 410 g/mol. The molecule has 0 unspecified atom stereocenters. The Balaban J connectivity index is 1.65. The lowest BCUT2D eigenvalue weighted by atomic mass is 9.95. The van der Waals surface area contributed by atoms with Crippen LogP contribution in [0, 0.1) is 0 Å². The van der Waals surface area contributed by atoms with Gasteiger partial charge in [-0.3, -0.25) is 0 Å². The molecule has 4 rings (SSSR count). The molecule has 0 aromatic carbocycles. The number of piperazine rings is 1. The van der Waals surface area contributed by atoms with Gasteiger partial charge < -0.3 is 20.3 Å². The van der Waals surface area contributed by atoms with Crippen molar-refractivity contribution in [3.8, 4) is 11.3 Å². The van der Waals surface area contributed by atoms with Crippen LogP contribution >= 0.6 is 0 Å². The van der Waals surface area contributed by atoms with Crippen LogP contribution in [-0.2, 0) is 4.74 Å². The third-order valence-corrected chi connectivity index (χ3v) is 5.81. The maximum atomic E-state index is 12.6. The number of carbonyl (C=O) groups is 1. The number of hydrogen-bond acceptors (Lipinski definition) is 7. The minimum absolute atomic E-state index is 0.336. The molecular weight excluding hydrogens is 378 g/mol. The van der Waals surface area contributed by atoms with Crippen LogP contribution < -0.4 is 15.5 Å². The third-order valence-electron chi connectivity index (χ3n) is 5.81. The normalized spacial score (nSPS) is 17.6. The maximum absolute atomic E-state index is 12.6. The molecule has 2 aromatic heterocycles. The fourth-order valence-electron chi connectivity index (χ4n) is 4.23. The first-order chi connectivity index (χ1) is 14.7.